The molecule has 0 fully saturated rings. The molecule has 0 spiro atoms. The third-order valence-corrected chi connectivity index (χ3v) is 9.38. The van der Waals surface area contributed by atoms with Gasteiger partial charge in [0.05, 0.1) is 0 Å². The van der Waals surface area contributed by atoms with Crippen molar-refractivity contribution in [1.82, 2.24) is 15.0 Å². The molecule has 0 aliphatic heterocycles. The number of fused-ring (bicyclic) bond motifs is 6. The van der Waals surface area contributed by atoms with Crippen molar-refractivity contribution >= 4 is 43.9 Å². The molecular formula is C45H27N3O2. The van der Waals surface area contributed by atoms with E-state index in [0.29, 0.717) is 17.5 Å². The van der Waals surface area contributed by atoms with E-state index in [1.807, 2.05) is 48.5 Å². The van der Waals surface area contributed by atoms with Gasteiger partial charge in [-0.25, -0.2) is 15.0 Å². The summed E-state index contributed by atoms with van der Waals surface area (Å²) >= 11 is 0. The highest BCUT2D eigenvalue weighted by Crippen LogP contribution is 2.35. The van der Waals surface area contributed by atoms with Gasteiger partial charge < -0.3 is 8.83 Å². The lowest BCUT2D eigenvalue weighted by Crippen LogP contribution is -2.00. The molecule has 0 amide bonds. The third kappa shape index (κ3) is 4.83. The molecule has 3 aromatic heterocycles. The van der Waals surface area contributed by atoms with Gasteiger partial charge >= 0.3 is 0 Å². The van der Waals surface area contributed by atoms with E-state index in [2.05, 4.69) is 115 Å². The van der Waals surface area contributed by atoms with Crippen molar-refractivity contribution < 1.29 is 8.83 Å². The molecule has 0 atom stereocenters. The Kier molecular flexibility index (Phi) is 6.42. The Bertz CT molecular complexity index is 2850. The van der Waals surface area contributed by atoms with E-state index in [-0.39, 0.29) is 0 Å². The van der Waals surface area contributed by atoms with Crippen LogP contribution in [-0.2, 0) is 0 Å². The first-order valence-corrected chi connectivity index (χ1v) is 16.6. The Hall–Kier alpha value is -6.85. The van der Waals surface area contributed by atoms with Gasteiger partial charge in [-0.1, -0.05) is 127 Å². The fourth-order valence-electron chi connectivity index (χ4n) is 6.79. The summed E-state index contributed by atoms with van der Waals surface area (Å²) in [7, 11) is 0. The number of rotatable bonds is 5. The summed E-state index contributed by atoms with van der Waals surface area (Å²) < 4.78 is 12.4. The molecule has 3 heterocycles. The molecule has 0 aliphatic rings. The minimum Gasteiger partial charge on any atom is -0.456 e. The second-order valence-electron chi connectivity index (χ2n) is 12.4. The summed E-state index contributed by atoms with van der Waals surface area (Å²) in [5.41, 5.74) is 10.5. The van der Waals surface area contributed by atoms with Crippen molar-refractivity contribution in [3.05, 3.63) is 164 Å². The molecule has 0 saturated heterocycles. The topological polar surface area (TPSA) is 65.0 Å². The standard InChI is InChI=1S/C45H27N3O2/c1-2-8-28(9-3-1)29-14-18-31(19-15-29)43-46-44(48-45(47-43)34-23-25-38-36-11-5-7-13-40(36)50-42(38)27-34)32-20-16-30(17-21-32)33-22-24-37-35-10-4-6-12-39(35)49-41(37)26-33/h1-27H. The van der Waals surface area contributed by atoms with Crippen LogP contribution in [0.1, 0.15) is 0 Å². The average molecular weight is 642 g/mol. The second kappa shape index (κ2) is 11.4. The zero-order valence-electron chi connectivity index (χ0n) is 26.7. The van der Waals surface area contributed by atoms with E-state index in [4.69, 9.17) is 23.8 Å². The van der Waals surface area contributed by atoms with Crippen LogP contribution in [0, 0.1) is 0 Å². The highest BCUT2D eigenvalue weighted by Gasteiger charge is 2.16. The number of hydrogen-bond donors (Lipinski definition) is 0. The van der Waals surface area contributed by atoms with Crippen LogP contribution in [0.5, 0.6) is 0 Å². The van der Waals surface area contributed by atoms with Crippen LogP contribution in [-0.4, -0.2) is 15.0 Å². The summed E-state index contributed by atoms with van der Waals surface area (Å²) in [5, 5.41) is 4.39. The number of hydrogen-bond acceptors (Lipinski definition) is 5. The van der Waals surface area contributed by atoms with Crippen LogP contribution in [0.15, 0.2) is 173 Å². The van der Waals surface area contributed by atoms with E-state index in [1.165, 1.54) is 0 Å². The van der Waals surface area contributed by atoms with Gasteiger partial charge in [-0.2, -0.15) is 0 Å². The number of nitrogens with zero attached hydrogens (tertiary/aromatic N) is 3. The van der Waals surface area contributed by atoms with Crippen molar-refractivity contribution in [3.63, 3.8) is 0 Å². The Morgan fingerprint density at radius 2 is 0.620 bits per heavy atom. The van der Waals surface area contributed by atoms with Crippen molar-refractivity contribution in [2.24, 2.45) is 0 Å². The molecule has 5 heteroatoms. The largest absolute Gasteiger partial charge is 0.456 e. The minimum absolute atomic E-state index is 0.582. The second-order valence-corrected chi connectivity index (χ2v) is 12.4. The lowest BCUT2D eigenvalue weighted by Gasteiger charge is -2.10. The molecule has 10 rings (SSSR count). The molecule has 234 valence electrons. The molecule has 0 bridgehead atoms. The Balaban J connectivity index is 1.06. The van der Waals surface area contributed by atoms with Gasteiger partial charge in [-0.05, 0) is 58.7 Å². The highest BCUT2D eigenvalue weighted by molar-refractivity contribution is 6.06. The molecule has 5 nitrogen and oxygen atoms in total. The zero-order valence-corrected chi connectivity index (χ0v) is 26.7. The van der Waals surface area contributed by atoms with Gasteiger partial charge in [0, 0.05) is 38.2 Å². The minimum atomic E-state index is 0.582. The van der Waals surface area contributed by atoms with Crippen molar-refractivity contribution in [1.29, 1.82) is 0 Å². The van der Waals surface area contributed by atoms with Crippen LogP contribution < -0.4 is 0 Å². The monoisotopic (exact) mass is 641 g/mol. The molecule has 0 aliphatic carbocycles. The van der Waals surface area contributed by atoms with Crippen molar-refractivity contribution in [2.75, 3.05) is 0 Å². The number of benzene rings is 7. The number of aromatic nitrogens is 3. The average Bonchev–Trinajstić information content (AvgIpc) is 3.76. The maximum Gasteiger partial charge on any atom is 0.164 e. The van der Waals surface area contributed by atoms with E-state index in [0.717, 1.165) is 82.8 Å². The summed E-state index contributed by atoms with van der Waals surface area (Å²) in [5.74, 6) is 1.79. The summed E-state index contributed by atoms with van der Waals surface area (Å²) in [6.07, 6.45) is 0. The molecule has 0 saturated carbocycles. The fraction of sp³-hybridized carbons (Fsp3) is 0. The van der Waals surface area contributed by atoms with Crippen LogP contribution in [0.25, 0.3) is 100 Å². The molecule has 0 radical (unpaired) electrons. The van der Waals surface area contributed by atoms with Gasteiger partial charge in [0.15, 0.2) is 17.5 Å². The number of para-hydroxylation sites is 2. The van der Waals surface area contributed by atoms with Crippen molar-refractivity contribution in [3.8, 4) is 56.4 Å². The first-order valence-electron chi connectivity index (χ1n) is 16.6. The molecule has 0 N–H and O–H groups in total. The van der Waals surface area contributed by atoms with Gasteiger partial charge in [-0.3, -0.25) is 0 Å². The Morgan fingerprint density at radius 3 is 1.18 bits per heavy atom. The van der Waals surface area contributed by atoms with Gasteiger partial charge in [0.25, 0.3) is 0 Å². The predicted molar refractivity (Wildman–Crippen MR) is 202 cm³/mol. The normalized spacial score (nSPS) is 11.6. The molecular weight excluding hydrogens is 615 g/mol. The zero-order chi connectivity index (χ0) is 33.0. The summed E-state index contributed by atoms with van der Waals surface area (Å²) in [6.45, 7) is 0. The molecule has 0 unspecified atom stereocenters. The van der Waals surface area contributed by atoms with Crippen molar-refractivity contribution in [2.45, 2.75) is 0 Å². The van der Waals surface area contributed by atoms with E-state index in [9.17, 15) is 0 Å². The highest BCUT2D eigenvalue weighted by atomic mass is 16.3. The Labute approximate surface area is 287 Å². The van der Waals surface area contributed by atoms with E-state index in [1.54, 1.807) is 0 Å². The van der Waals surface area contributed by atoms with E-state index < -0.39 is 0 Å². The van der Waals surface area contributed by atoms with Crippen LogP contribution in [0.3, 0.4) is 0 Å². The third-order valence-electron chi connectivity index (χ3n) is 9.38. The molecule has 50 heavy (non-hydrogen) atoms. The maximum atomic E-state index is 6.22. The first kappa shape index (κ1) is 28.2. The van der Waals surface area contributed by atoms with Gasteiger partial charge in [-0.15, -0.1) is 0 Å². The SMILES string of the molecule is c1ccc(-c2ccc(-c3nc(-c4ccc(-c5ccc6c(c5)oc5ccccc56)cc4)nc(-c4ccc5c(c4)oc4ccccc45)n3)cc2)cc1. The smallest absolute Gasteiger partial charge is 0.164 e. The van der Waals surface area contributed by atoms with Crippen LogP contribution in [0.4, 0.5) is 0 Å². The Morgan fingerprint density at radius 1 is 0.260 bits per heavy atom. The van der Waals surface area contributed by atoms with Crippen LogP contribution in [0.2, 0.25) is 0 Å². The van der Waals surface area contributed by atoms with Crippen LogP contribution >= 0.6 is 0 Å². The van der Waals surface area contributed by atoms with Gasteiger partial charge in [0.1, 0.15) is 22.3 Å². The predicted octanol–water partition coefficient (Wildman–Crippen LogP) is 12.0. The fourth-order valence-corrected chi connectivity index (χ4v) is 6.79. The summed E-state index contributed by atoms with van der Waals surface area (Å²) in [4.78, 5) is 15.0. The lowest BCUT2D eigenvalue weighted by molar-refractivity contribution is 0.668. The van der Waals surface area contributed by atoms with Gasteiger partial charge in [0.2, 0.25) is 0 Å². The quantitative estimate of drug-likeness (QED) is 0.187. The number of furan rings is 2. The van der Waals surface area contributed by atoms with E-state index >= 15 is 0 Å². The summed E-state index contributed by atoms with van der Waals surface area (Å²) in [6, 6.07) is 55.9. The molecule has 7 aromatic carbocycles. The molecule has 10 aromatic rings. The first-order chi connectivity index (χ1) is 24.7. The lowest BCUT2D eigenvalue weighted by atomic mass is 10.0. The maximum absolute atomic E-state index is 6.22.